The minimum absolute atomic E-state index is 0. The van der Waals surface area contributed by atoms with E-state index < -0.39 is 0 Å². The molecule has 1 nitrogen and oxygen atoms in total. The molecule has 0 N–H and O–H groups in total. The first kappa shape index (κ1) is 23.2. The zero-order valence-corrected chi connectivity index (χ0v) is 16.9. The predicted molar refractivity (Wildman–Crippen MR) is 104 cm³/mol. The van der Waals surface area contributed by atoms with Gasteiger partial charge in [-0.25, -0.2) is 0 Å². The van der Waals surface area contributed by atoms with Gasteiger partial charge in [-0.1, -0.05) is 88.6 Å². The van der Waals surface area contributed by atoms with Crippen LogP contribution in [0.3, 0.4) is 0 Å². The molecule has 0 aromatic heterocycles. The summed E-state index contributed by atoms with van der Waals surface area (Å²) in [5.74, 6) is 0. The molecule has 1 aromatic rings. The van der Waals surface area contributed by atoms with Gasteiger partial charge in [-0.05, 0) is 24.5 Å². The van der Waals surface area contributed by atoms with E-state index >= 15 is 0 Å². The van der Waals surface area contributed by atoms with Crippen molar-refractivity contribution in [2.75, 3.05) is 20.6 Å². The molecule has 0 fully saturated rings. The second kappa shape index (κ2) is 14.5. The van der Waals surface area contributed by atoms with Gasteiger partial charge in [-0.2, -0.15) is 0 Å². The summed E-state index contributed by atoms with van der Waals surface area (Å²) < 4.78 is 0.978. The predicted octanol–water partition coefficient (Wildman–Crippen LogP) is 3.66. The van der Waals surface area contributed by atoms with Gasteiger partial charge in [0.15, 0.2) is 0 Å². The lowest BCUT2D eigenvalue weighted by atomic mass is 10.1. The van der Waals surface area contributed by atoms with Crippen LogP contribution in [0.1, 0.15) is 76.7 Å². The van der Waals surface area contributed by atoms with Gasteiger partial charge in [-0.3, -0.25) is 0 Å². The third-order valence-electron chi connectivity index (χ3n) is 4.56. The van der Waals surface area contributed by atoms with Crippen LogP contribution < -0.4 is 12.4 Å². The Morgan fingerprint density at radius 3 is 1.79 bits per heavy atom. The van der Waals surface area contributed by atoms with Gasteiger partial charge < -0.3 is 16.9 Å². The topological polar surface area (TPSA) is 0 Å². The molecule has 0 spiro atoms. The summed E-state index contributed by atoms with van der Waals surface area (Å²) in [6.07, 6.45) is 18.7. The molecule has 1 rings (SSSR count). The van der Waals surface area contributed by atoms with E-state index in [-0.39, 0.29) is 12.4 Å². The fraction of sp³-hybridized carbons (Fsp3) is 0.636. The molecule has 0 heterocycles. The molecule has 0 radical (unpaired) electrons. The summed E-state index contributed by atoms with van der Waals surface area (Å²) in [4.78, 5) is 0. The Balaban J connectivity index is 0.00000529. The van der Waals surface area contributed by atoms with Crippen molar-refractivity contribution >= 4 is 6.08 Å². The summed E-state index contributed by atoms with van der Waals surface area (Å²) in [5.41, 5.74) is 1.29. The monoisotopic (exact) mass is 351 g/mol. The quantitative estimate of drug-likeness (QED) is 0.376. The molecule has 0 saturated heterocycles. The van der Waals surface area contributed by atoms with E-state index in [9.17, 15) is 0 Å². The number of unbranched alkanes of at least 4 members (excludes halogenated alkanes) is 9. The highest BCUT2D eigenvalue weighted by molar-refractivity contribution is 5.47. The van der Waals surface area contributed by atoms with Crippen LogP contribution in [0.25, 0.3) is 6.08 Å². The van der Waals surface area contributed by atoms with Gasteiger partial charge in [0, 0.05) is 0 Å². The van der Waals surface area contributed by atoms with Gasteiger partial charge in [-0.15, -0.1) is 0 Å². The normalized spacial score (nSPS) is 11.6. The summed E-state index contributed by atoms with van der Waals surface area (Å²) in [7, 11) is 4.60. The SMILES string of the molecule is CCCCCCCCCCCC[N+](C)(C)C=Cc1ccccc1.[Cl-]. The van der Waals surface area contributed by atoms with Crippen molar-refractivity contribution in [1.29, 1.82) is 0 Å². The maximum absolute atomic E-state index is 2.32. The van der Waals surface area contributed by atoms with Crippen LogP contribution in [0, 0.1) is 0 Å². The molecule has 0 amide bonds. The van der Waals surface area contributed by atoms with Crippen LogP contribution >= 0.6 is 0 Å². The fourth-order valence-electron chi connectivity index (χ4n) is 2.93. The third kappa shape index (κ3) is 12.6. The molecule has 0 aliphatic rings. The van der Waals surface area contributed by atoms with Crippen molar-refractivity contribution in [3.63, 3.8) is 0 Å². The average Bonchev–Trinajstić information content (AvgIpc) is 2.56. The van der Waals surface area contributed by atoms with E-state index in [2.05, 4.69) is 63.6 Å². The van der Waals surface area contributed by atoms with Crippen LogP contribution in [0.15, 0.2) is 36.5 Å². The van der Waals surface area contributed by atoms with E-state index in [1.54, 1.807) is 0 Å². The lowest BCUT2D eigenvalue weighted by Gasteiger charge is -2.24. The molecule has 138 valence electrons. The Bertz CT molecular complexity index is 411. The second-order valence-corrected chi connectivity index (χ2v) is 7.41. The number of halogens is 1. The lowest BCUT2D eigenvalue weighted by Crippen LogP contribution is -3.00. The molecule has 0 atom stereocenters. The number of rotatable bonds is 13. The van der Waals surface area contributed by atoms with Crippen molar-refractivity contribution in [1.82, 2.24) is 0 Å². The van der Waals surface area contributed by atoms with E-state index in [0.717, 1.165) is 4.48 Å². The zero-order chi connectivity index (χ0) is 16.8. The number of hydrogen-bond acceptors (Lipinski definition) is 0. The first-order chi connectivity index (χ1) is 11.1. The van der Waals surface area contributed by atoms with Crippen LogP contribution in [0.4, 0.5) is 0 Å². The maximum Gasteiger partial charge on any atom is 0.0960 e. The highest BCUT2D eigenvalue weighted by Crippen LogP contribution is 2.12. The van der Waals surface area contributed by atoms with Crippen LogP contribution in [-0.4, -0.2) is 25.1 Å². The Morgan fingerprint density at radius 1 is 0.750 bits per heavy atom. The average molecular weight is 352 g/mol. The Kier molecular flexibility index (Phi) is 14.1. The summed E-state index contributed by atoms with van der Waals surface area (Å²) in [6, 6.07) is 10.6. The van der Waals surface area contributed by atoms with Gasteiger partial charge in [0.25, 0.3) is 0 Å². The fourth-order valence-corrected chi connectivity index (χ4v) is 2.93. The molecular formula is C22H38ClN. The summed E-state index contributed by atoms with van der Waals surface area (Å²) in [6.45, 7) is 3.52. The molecule has 0 bridgehead atoms. The largest absolute Gasteiger partial charge is 1.00 e. The maximum atomic E-state index is 2.32. The number of nitrogens with zero attached hydrogens (tertiary/aromatic N) is 1. The second-order valence-electron chi connectivity index (χ2n) is 7.41. The molecule has 0 unspecified atom stereocenters. The number of quaternary nitrogens is 1. The summed E-state index contributed by atoms with van der Waals surface area (Å²) >= 11 is 0. The molecule has 0 saturated carbocycles. The molecule has 1 aromatic carbocycles. The van der Waals surface area contributed by atoms with Crippen LogP contribution in [0.2, 0.25) is 0 Å². The van der Waals surface area contributed by atoms with Gasteiger partial charge in [0.05, 0.1) is 26.8 Å². The number of hydrogen-bond donors (Lipinski definition) is 0. The van der Waals surface area contributed by atoms with Crippen molar-refractivity contribution in [2.45, 2.75) is 71.1 Å². The third-order valence-corrected chi connectivity index (χ3v) is 4.56. The van der Waals surface area contributed by atoms with E-state index in [4.69, 9.17) is 0 Å². The van der Waals surface area contributed by atoms with Crippen molar-refractivity contribution in [2.24, 2.45) is 0 Å². The molecule has 24 heavy (non-hydrogen) atoms. The van der Waals surface area contributed by atoms with Crippen molar-refractivity contribution in [3.05, 3.63) is 42.1 Å². The van der Waals surface area contributed by atoms with E-state index in [1.807, 2.05) is 0 Å². The van der Waals surface area contributed by atoms with Crippen LogP contribution in [0.5, 0.6) is 0 Å². The highest BCUT2D eigenvalue weighted by atomic mass is 35.5. The zero-order valence-electron chi connectivity index (χ0n) is 16.1. The number of benzene rings is 1. The highest BCUT2D eigenvalue weighted by Gasteiger charge is 2.09. The first-order valence-corrected chi connectivity index (χ1v) is 9.71. The van der Waals surface area contributed by atoms with E-state index in [1.165, 1.54) is 76.3 Å². The minimum atomic E-state index is 0. The first-order valence-electron chi connectivity index (χ1n) is 9.71. The Hall–Kier alpha value is -0.790. The van der Waals surface area contributed by atoms with Crippen molar-refractivity contribution < 1.29 is 16.9 Å². The lowest BCUT2D eigenvalue weighted by molar-refractivity contribution is -0.838. The summed E-state index contributed by atoms with van der Waals surface area (Å²) in [5, 5.41) is 0. The van der Waals surface area contributed by atoms with Gasteiger partial charge >= 0.3 is 0 Å². The van der Waals surface area contributed by atoms with Gasteiger partial charge in [0.2, 0.25) is 0 Å². The molecule has 0 aliphatic heterocycles. The molecule has 0 aliphatic carbocycles. The van der Waals surface area contributed by atoms with Crippen LogP contribution in [-0.2, 0) is 0 Å². The Morgan fingerprint density at radius 2 is 1.25 bits per heavy atom. The minimum Gasteiger partial charge on any atom is -1.00 e. The molecule has 2 heteroatoms. The Labute approximate surface area is 157 Å². The van der Waals surface area contributed by atoms with Gasteiger partial charge in [0.1, 0.15) is 0 Å². The smallest absolute Gasteiger partial charge is 0.0960 e. The molecular weight excluding hydrogens is 314 g/mol. The van der Waals surface area contributed by atoms with Crippen molar-refractivity contribution in [3.8, 4) is 0 Å². The van der Waals surface area contributed by atoms with E-state index in [0.29, 0.717) is 0 Å². The standard InChI is InChI=1S/C22H38N.ClH/c1-4-5-6-7-8-9-10-11-12-16-20-23(2,3)21-19-22-17-14-13-15-18-22;/h13-15,17-19,21H,4-12,16,20H2,1-3H3;1H/q+1;/p-1.